The third-order valence-corrected chi connectivity index (χ3v) is 7.69. The molecule has 0 saturated heterocycles. The summed E-state index contributed by atoms with van der Waals surface area (Å²) in [6, 6.07) is 0. The number of rotatable bonds is 4. The molecular weight excluding hydrogens is 390 g/mol. The first-order valence-corrected chi connectivity index (χ1v) is 11.2. The van der Waals surface area contributed by atoms with Crippen molar-refractivity contribution in [2.45, 2.75) is 65.7 Å². The average Bonchev–Trinajstić information content (AvgIpc) is 3.03. The lowest BCUT2D eigenvalue weighted by atomic mass is 9.72. The van der Waals surface area contributed by atoms with Crippen LogP contribution in [0.2, 0.25) is 0 Å². The molecule has 0 aromatic carbocycles. The molecule has 1 heterocycles. The summed E-state index contributed by atoms with van der Waals surface area (Å²) in [6.45, 7) is 6.68. The molecule has 0 radical (unpaired) electrons. The van der Waals surface area contributed by atoms with Crippen molar-refractivity contribution in [3.63, 3.8) is 0 Å². The lowest BCUT2D eigenvalue weighted by Gasteiger charge is -2.33. The van der Waals surface area contributed by atoms with Gasteiger partial charge >= 0.3 is 5.97 Å². The number of anilines is 1. The SMILES string of the molecule is COC(=O)c1c(NC(=O)[C@@H]2CCCC[C@@H]2C(=O)[O-])sc2c1CC[C@@H](C(C)(C)C)C2. The Balaban J connectivity index is 1.89. The molecule has 3 atom stereocenters. The Morgan fingerprint density at radius 1 is 1.10 bits per heavy atom. The molecule has 29 heavy (non-hydrogen) atoms. The third kappa shape index (κ3) is 4.49. The smallest absolute Gasteiger partial charge is 0.341 e. The summed E-state index contributed by atoms with van der Waals surface area (Å²) < 4.78 is 4.99. The number of carbonyl (C=O) groups excluding carboxylic acids is 3. The number of ether oxygens (including phenoxy) is 1. The minimum Gasteiger partial charge on any atom is -0.550 e. The van der Waals surface area contributed by atoms with Crippen molar-refractivity contribution in [1.29, 1.82) is 0 Å². The Bertz CT molecular complexity index is 807. The molecule has 2 aliphatic carbocycles. The molecule has 3 rings (SSSR count). The van der Waals surface area contributed by atoms with Gasteiger partial charge in [0.15, 0.2) is 0 Å². The fourth-order valence-electron chi connectivity index (χ4n) is 4.66. The van der Waals surface area contributed by atoms with Crippen LogP contribution in [0.25, 0.3) is 0 Å². The maximum Gasteiger partial charge on any atom is 0.341 e. The van der Waals surface area contributed by atoms with E-state index in [0.717, 1.165) is 42.5 Å². The molecule has 6 nitrogen and oxygen atoms in total. The highest BCUT2D eigenvalue weighted by Crippen LogP contribution is 2.45. The number of thiophene rings is 1. The number of methoxy groups -OCH3 is 1. The monoisotopic (exact) mass is 420 g/mol. The molecule has 7 heteroatoms. The summed E-state index contributed by atoms with van der Waals surface area (Å²) in [4.78, 5) is 38.0. The number of esters is 1. The van der Waals surface area contributed by atoms with E-state index in [4.69, 9.17) is 4.74 Å². The van der Waals surface area contributed by atoms with Crippen LogP contribution in [0.3, 0.4) is 0 Å². The van der Waals surface area contributed by atoms with Crippen LogP contribution in [0, 0.1) is 23.2 Å². The molecule has 1 saturated carbocycles. The number of hydrogen-bond donors (Lipinski definition) is 1. The number of fused-ring (bicyclic) bond motifs is 1. The van der Waals surface area contributed by atoms with Crippen molar-refractivity contribution < 1.29 is 24.2 Å². The lowest BCUT2D eigenvalue weighted by molar-refractivity contribution is -0.313. The quantitative estimate of drug-likeness (QED) is 0.755. The van der Waals surface area contributed by atoms with Crippen molar-refractivity contribution in [2.75, 3.05) is 12.4 Å². The van der Waals surface area contributed by atoms with E-state index in [2.05, 4.69) is 26.1 Å². The Morgan fingerprint density at radius 3 is 2.34 bits per heavy atom. The van der Waals surface area contributed by atoms with E-state index in [1.807, 2.05) is 0 Å². The van der Waals surface area contributed by atoms with Crippen molar-refractivity contribution in [3.8, 4) is 0 Å². The minimum absolute atomic E-state index is 0.167. The maximum atomic E-state index is 12.9. The number of carbonyl (C=O) groups is 3. The number of nitrogens with one attached hydrogen (secondary N) is 1. The van der Waals surface area contributed by atoms with Gasteiger partial charge in [-0.2, -0.15) is 0 Å². The molecule has 0 bridgehead atoms. The zero-order chi connectivity index (χ0) is 21.3. The van der Waals surface area contributed by atoms with Crippen molar-refractivity contribution in [1.82, 2.24) is 0 Å². The summed E-state index contributed by atoms with van der Waals surface area (Å²) in [5, 5.41) is 14.8. The van der Waals surface area contributed by atoms with E-state index in [1.54, 1.807) is 0 Å². The molecule has 1 N–H and O–H groups in total. The van der Waals surface area contributed by atoms with Crippen LogP contribution >= 0.6 is 11.3 Å². The van der Waals surface area contributed by atoms with Gasteiger partial charge in [-0.05, 0) is 49.0 Å². The van der Waals surface area contributed by atoms with Gasteiger partial charge in [-0.3, -0.25) is 4.79 Å². The first-order chi connectivity index (χ1) is 13.6. The van der Waals surface area contributed by atoms with Crippen molar-refractivity contribution in [2.24, 2.45) is 23.2 Å². The molecule has 1 amide bonds. The van der Waals surface area contributed by atoms with Crippen LogP contribution in [0.1, 0.15) is 73.7 Å². The van der Waals surface area contributed by atoms with Gasteiger partial charge in [-0.25, -0.2) is 4.79 Å². The molecule has 1 fully saturated rings. The Morgan fingerprint density at radius 2 is 1.76 bits per heavy atom. The van der Waals surface area contributed by atoms with Crippen molar-refractivity contribution in [3.05, 3.63) is 16.0 Å². The van der Waals surface area contributed by atoms with E-state index >= 15 is 0 Å². The Hall–Kier alpha value is -1.89. The van der Waals surface area contributed by atoms with Gasteiger partial charge < -0.3 is 20.0 Å². The van der Waals surface area contributed by atoms with E-state index in [-0.39, 0.29) is 11.3 Å². The topological polar surface area (TPSA) is 95.5 Å². The zero-order valence-electron chi connectivity index (χ0n) is 17.6. The molecule has 2 aliphatic rings. The molecule has 1 aromatic rings. The fraction of sp³-hybridized carbons (Fsp3) is 0.682. The average molecular weight is 421 g/mol. The van der Waals surface area contributed by atoms with E-state index in [0.29, 0.717) is 29.3 Å². The van der Waals surface area contributed by atoms with Crippen LogP contribution in [0.4, 0.5) is 5.00 Å². The molecule has 160 valence electrons. The second-order valence-electron chi connectivity index (χ2n) is 9.31. The lowest BCUT2D eigenvalue weighted by Crippen LogP contribution is -2.42. The minimum atomic E-state index is -1.17. The highest BCUT2D eigenvalue weighted by molar-refractivity contribution is 7.17. The fourth-order valence-corrected chi connectivity index (χ4v) is 5.98. The highest BCUT2D eigenvalue weighted by atomic mass is 32.1. The van der Waals surface area contributed by atoms with Gasteiger partial charge in [-0.1, -0.05) is 33.6 Å². The second-order valence-corrected chi connectivity index (χ2v) is 10.4. The van der Waals surface area contributed by atoms with E-state index < -0.39 is 23.8 Å². The molecule has 0 aliphatic heterocycles. The summed E-state index contributed by atoms with van der Waals surface area (Å²) >= 11 is 1.43. The maximum absolute atomic E-state index is 12.9. The summed E-state index contributed by atoms with van der Waals surface area (Å²) in [7, 11) is 1.34. The first kappa shape index (κ1) is 21.8. The van der Waals surface area contributed by atoms with E-state index in [9.17, 15) is 19.5 Å². The van der Waals surface area contributed by atoms with Crippen molar-refractivity contribution >= 4 is 34.2 Å². The van der Waals surface area contributed by atoms with Gasteiger partial charge in [0.1, 0.15) is 5.00 Å². The zero-order valence-corrected chi connectivity index (χ0v) is 18.4. The number of amides is 1. The predicted octanol–water partition coefficient (Wildman–Crippen LogP) is 3.18. The summed E-state index contributed by atoms with van der Waals surface area (Å²) in [5.41, 5.74) is 1.58. The molecular formula is C22H30NO5S-. The molecule has 0 unspecified atom stereocenters. The van der Waals surface area contributed by atoms with Crippen LogP contribution < -0.4 is 10.4 Å². The largest absolute Gasteiger partial charge is 0.550 e. The van der Waals surface area contributed by atoms with Gasteiger partial charge in [0.2, 0.25) is 5.91 Å². The van der Waals surface area contributed by atoms with Gasteiger partial charge in [-0.15, -0.1) is 11.3 Å². The third-order valence-electron chi connectivity index (χ3n) is 6.52. The summed E-state index contributed by atoms with van der Waals surface area (Å²) in [5.74, 6) is -2.85. The van der Waals surface area contributed by atoms with Gasteiger partial charge in [0, 0.05) is 22.7 Å². The van der Waals surface area contributed by atoms with Gasteiger partial charge in [0.05, 0.1) is 12.7 Å². The Labute approximate surface area is 176 Å². The van der Waals surface area contributed by atoms with E-state index in [1.165, 1.54) is 18.4 Å². The van der Waals surface area contributed by atoms with Crippen LogP contribution in [0.5, 0.6) is 0 Å². The highest BCUT2D eigenvalue weighted by Gasteiger charge is 2.36. The van der Waals surface area contributed by atoms with Crippen LogP contribution in [-0.4, -0.2) is 25.0 Å². The first-order valence-electron chi connectivity index (χ1n) is 10.4. The number of carboxylic acids is 1. The Kier molecular flexibility index (Phi) is 6.36. The predicted molar refractivity (Wildman–Crippen MR) is 110 cm³/mol. The number of hydrogen-bond acceptors (Lipinski definition) is 6. The second kappa shape index (κ2) is 8.46. The molecule has 1 aromatic heterocycles. The standard InChI is InChI=1S/C22H31NO5S/c1-22(2,3)12-9-10-15-16(11-12)29-19(17(15)21(27)28-4)23-18(24)13-7-5-6-8-14(13)20(25)26/h12-14H,5-11H2,1-4H3,(H,23,24)(H,25,26)/p-1/t12-,13-,14+/m1/s1. The summed E-state index contributed by atoms with van der Waals surface area (Å²) in [6.07, 6.45) is 5.22. The number of carboxylic acid groups (broad SMARTS) is 1. The molecule has 0 spiro atoms. The number of aliphatic carboxylic acids is 1. The van der Waals surface area contributed by atoms with Crippen LogP contribution in [0.15, 0.2) is 0 Å². The van der Waals surface area contributed by atoms with Gasteiger partial charge in [0.25, 0.3) is 0 Å². The van der Waals surface area contributed by atoms with Crippen LogP contribution in [-0.2, 0) is 27.2 Å². The normalized spacial score (nSPS) is 24.5.